The van der Waals surface area contributed by atoms with E-state index < -0.39 is 5.91 Å². The molecule has 34 heavy (non-hydrogen) atoms. The first-order chi connectivity index (χ1) is 16.4. The van der Waals surface area contributed by atoms with Crippen molar-refractivity contribution < 1.29 is 9.90 Å². The van der Waals surface area contributed by atoms with Gasteiger partial charge in [-0.3, -0.25) is 14.3 Å². The molecule has 2 N–H and O–H groups in total. The third kappa shape index (κ3) is 3.76. The number of hydrogen-bond acceptors (Lipinski definition) is 4. The molecule has 5 rings (SSSR count). The van der Waals surface area contributed by atoms with Crippen molar-refractivity contribution >= 4 is 33.4 Å². The average Bonchev–Trinajstić information content (AvgIpc) is 3.33. The fourth-order valence-electron chi connectivity index (χ4n) is 4.31. The molecule has 170 valence electrons. The summed E-state index contributed by atoms with van der Waals surface area (Å²) in [6.45, 7) is 2.49. The average molecular weight is 452 g/mol. The summed E-state index contributed by atoms with van der Waals surface area (Å²) in [4.78, 5) is 18.5. The molecule has 1 amide bonds. The quantitative estimate of drug-likeness (QED) is 0.310. The van der Waals surface area contributed by atoms with Gasteiger partial charge in [0, 0.05) is 21.9 Å². The zero-order valence-electron chi connectivity index (χ0n) is 19.3. The van der Waals surface area contributed by atoms with Crippen LogP contribution in [0, 0.1) is 6.92 Å². The third-order valence-electron chi connectivity index (χ3n) is 5.81. The van der Waals surface area contributed by atoms with Gasteiger partial charge in [-0.05, 0) is 44.8 Å². The summed E-state index contributed by atoms with van der Waals surface area (Å²) >= 11 is 0. The molecular weight excluding hydrogens is 426 g/mol. The van der Waals surface area contributed by atoms with Crippen molar-refractivity contribution in [2.24, 2.45) is 10.2 Å². The fraction of sp³-hybridized carbons (Fsp3) is 0.148. The molecule has 2 aromatic heterocycles. The molecule has 0 radical (unpaired) electrons. The zero-order chi connectivity index (χ0) is 23.8. The number of azo groups is 1. The van der Waals surface area contributed by atoms with Crippen LogP contribution in [0.1, 0.15) is 16.1 Å². The molecule has 0 saturated carbocycles. The van der Waals surface area contributed by atoms with Gasteiger partial charge in [-0.2, -0.15) is 0 Å². The van der Waals surface area contributed by atoms with Crippen molar-refractivity contribution in [3.8, 4) is 17.0 Å². The third-order valence-corrected chi connectivity index (χ3v) is 5.81. The van der Waals surface area contributed by atoms with Gasteiger partial charge in [0.2, 0.25) is 5.88 Å². The smallest absolute Gasteiger partial charge is 0.312 e. The fourth-order valence-corrected chi connectivity index (χ4v) is 4.31. The second-order valence-corrected chi connectivity index (χ2v) is 8.63. The van der Waals surface area contributed by atoms with Crippen LogP contribution < -0.4 is 0 Å². The molecule has 0 atom stereocenters. The van der Waals surface area contributed by atoms with E-state index in [-0.39, 0.29) is 11.6 Å². The Labute approximate surface area is 197 Å². The van der Waals surface area contributed by atoms with Crippen LogP contribution >= 0.6 is 0 Å². The number of H-pyrrole nitrogens is 1. The minimum Gasteiger partial charge on any atom is -0.493 e. The number of fused-ring (bicyclic) bond motifs is 2. The number of benzene rings is 3. The van der Waals surface area contributed by atoms with E-state index in [0.717, 1.165) is 38.5 Å². The summed E-state index contributed by atoms with van der Waals surface area (Å²) in [5, 5.41) is 20.8. The van der Waals surface area contributed by atoms with E-state index in [1.54, 1.807) is 4.57 Å². The molecule has 2 heterocycles. The maximum Gasteiger partial charge on any atom is 0.312 e. The van der Waals surface area contributed by atoms with E-state index in [4.69, 9.17) is 0 Å². The summed E-state index contributed by atoms with van der Waals surface area (Å²) in [6.07, 6.45) is 0. The Morgan fingerprint density at radius 2 is 1.74 bits per heavy atom. The number of nitrogens with one attached hydrogen (secondary N) is 1. The largest absolute Gasteiger partial charge is 0.493 e. The number of carbonyl (C=O) groups is 1. The Morgan fingerprint density at radius 3 is 2.50 bits per heavy atom. The Morgan fingerprint density at radius 1 is 1.00 bits per heavy atom. The predicted molar refractivity (Wildman–Crippen MR) is 135 cm³/mol. The molecule has 0 aliphatic heterocycles. The molecule has 0 spiro atoms. The predicted octanol–water partition coefficient (Wildman–Crippen LogP) is 6.25. The van der Waals surface area contributed by atoms with Crippen LogP contribution in [0.25, 0.3) is 32.9 Å². The van der Waals surface area contributed by atoms with Crippen LogP contribution in [0.2, 0.25) is 0 Å². The molecule has 0 unspecified atom stereocenters. The Bertz CT molecular complexity index is 1540. The van der Waals surface area contributed by atoms with Gasteiger partial charge < -0.3 is 10.1 Å². The van der Waals surface area contributed by atoms with Crippen LogP contribution in [0.4, 0.5) is 5.69 Å². The Balaban J connectivity index is 1.61. The lowest BCUT2D eigenvalue weighted by atomic mass is 10.0. The SMILES string of the molecule is Cc1ccc2[nH]c(C(=O)N=Nc3c(O)n(CN(C)C)c4ccccc34)c(-c3ccccc3)c2c1. The second-order valence-electron chi connectivity index (χ2n) is 8.63. The monoisotopic (exact) mass is 451 g/mol. The van der Waals surface area contributed by atoms with Crippen LogP contribution in [0.15, 0.2) is 83.0 Å². The van der Waals surface area contributed by atoms with Gasteiger partial charge in [-0.25, -0.2) is 0 Å². The maximum absolute atomic E-state index is 13.3. The van der Waals surface area contributed by atoms with Gasteiger partial charge in [0.05, 0.1) is 12.2 Å². The van der Waals surface area contributed by atoms with E-state index >= 15 is 0 Å². The van der Waals surface area contributed by atoms with Crippen LogP contribution in [0.5, 0.6) is 5.88 Å². The maximum atomic E-state index is 13.3. The highest BCUT2D eigenvalue weighted by Gasteiger charge is 2.21. The van der Waals surface area contributed by atoms with Gasteiger partial charge in [0.15, 0.2) is 5.69 Å². The number of aromatic hydroxyl groups is 1. The summed E-state index contributed by atoms with van der Waals surface area (Å²) in [5.41, 5.74) is 5.13. The van der Waals surface area contributed by atoms with Crippen molar-refractivity contribution in [1.29, 1.82) is 0 Å². The number of aromatic nitrogens is 2. The van der Waals surface area contributed by atoms with Crippen LogP contribution in [-0.4, -0.2) is 39.6 Å². The number of amides is 1. The van der Waals surface area contributed by atoms with Crippen molar-refractivity contribution in [3.63, 3.8) is 0 Å². The molecule has 0 fully saturated rings. The Kier molecular flexibility index (Phi) is 5.47. The Hall–Kier alpha value is -4.23. The molecule has 5 aromatic rings. The summed E-state index contributed by atoms with van der Waals surface area (Å²) in [5.74, 6) is -0.529. The first kappa shape index (κ1) is 21.6. The second kappa shape index (κ2) is 8.61. The van der Waals surface area contributed by atoms with E-state index in [9.17, 15) is 9.90 Å². The highest BCUT2D eigenvalue weighted by molar-refractivity contribution is 6.10. The minimum absolute atomic E-state index is 0.0259. The number of rotatable bonds is 5. The number of aryl methyl sites for hydroxylation is 1. The van der Waals surface area contributed by atoms with Crippen molar-refractivity contribution in [3.05, 3.63) is 84.1 Å². The van der Waals surface area contributed by atoms with Gasteiger partial charge in [0.1, 0.15) is 5.69 Å². The standard InChI is InChI=1S/C27H25N5O2/c1-17-13-14-21-20(15-17)23(18-9-5-4-6-10-18)25(28-21)26(33)30-29-24-19-11-7-8-12-22(19)32(27(24)34)16-31(2)3/h4-15,28,34H,16H2,1-3H3. The number of aromatic amines is 1. The molecule has 3 aromatic carbocycles. The lowest BCUT2D eigenvalue weighted by molar-refractivity contribution is 0.0991. The highest BCUT2D eigenvalue weighted by Crippen LogP contribution is 2.39. The van der Waals surface area contributed by atoms with Crippen molar-refractivity contribution in [2.45, 2.75) is 13.6 Å². The number of carbonyl (C=O) groups excluding carboxylic acids is 1. The van der Waals surface area contributed by atoms with Gasteiger partial charge in [-0.15, -0.1) is 10.2 Å². The summed E-state index contributed by atoms with van der Waals surface area (Å²) in [7, 11) is 3.84. The van der Waals surface area contributed by atoms with E-state index in [1.165, 1.54) is 0 Å². The van der Waals surface area contributed by atoms with E-state index in [1.807, 2.05) is 92.6 Å². The first-order valence-corrected chi connectivity index (χ1v) is 11.0. The normalized spacial score (nSPS) is 11.9. The highest BCUT2D eigenvalue weighted by atomic mass is 16.3. The number of nitrogens with zero attached hydrogens (tertiary/aromatic N) is 4. The molecule has 7 nitrogen and oxygen atoms in total. The number of para-hydroxylation sites is 1. The number of hydrogen-bond donors (Lipinski definition) is 2. The van der Waals surface area contributed by atoms with Gasteiger partial charge in [-0.1, -0.05) is 60.2 Å². The molecule has 0 aliphatic carbocycles. The lowest BCUT2D eigenvalue weighted by Gasteiger charge is -2.12. The molecule has 0 saturated heterocycles. The molecule has 0 bridgehead atoms. The van der Waals surface area contributed by atoms with E-state index in [0.29, 0.717) is 12.4 Å². The van der Waals surface area contributed by atoms with Gasteiger partial charge >= 0.3 is 5.91 Å². The lowest BCUT2D eigenvalue weighted by Crippen LogP contribution is -2.16. The van der Waals surface area contributed by atoms with E-state index in [2.05, 4.69) is 21.3 Å². The van der Waals surface area contributed by atoms with Crippen molar-refractivity contribution in [2.75, 3.05) is 14.1 Å². The molecular formula is C27H25N5O2. The molecule has 0 aliphatic rings. The minimum atomic E-state index is -0.503. The first-order valence-electron chi connectivity index (χ1n) is 11.0. The van der Waals surface area contributed by atoms with Crippen LogP contribution in [0.3, 0.4) is 0 Å². The molecule has 7 heteroatoms. The zero-order valence-corrected chi connectivity index (χ0v) is 19.3. The summed E-state index contributed by atoms with van der Waals surface area (Å²) < 4.78 is 1.75. The topological polar surface area (TPSA) is 86.0 Å². The van der Waals surface area contributed by atoms with Gasteiger partial charge in [0.25, 0.3) is 0 Å². The summed E-state index contributed by atoms with van der Waals surface area (Å²) in [6, 6.07) is 23.3. The van der Waals surface area contributed by atoms with Crippen LogP contribution in [-0.2, 0) is 6.67 Å². The van der Waals surface area contributed by atoms with Crippen molar-refractivity contribution in [1.82, 2.24) is 14.5 Å².